The van der Waals surface area contributed by atoms with Crippen molar-refractivity contribution < 1.29 is 0 Å². The van der Waals surface area contributed by atoms with Crippen LogP contribution < -0.4 is 0 Å². The van der Waals surface area contributed by atoms with Crippen LogP contribution in [0.1, 0.15) is 44.0 Å². The van der Waals surface area contributed by atoms with E-state index in [1.54, 1.807) is 0 Å². The summed E-state index contributed by atoms with van der Waals surface area (Å²) in [6.07, 6.45) is 5.92. The van der Waals surface area contributed by atoms with Gasteiger partial charge in [0.05, 0.1) is 16.4 Å². The van der Waals surface area contributed by atoms with Crippen molar-refractivity contribution in [1.82, 2.24) is 14.7 Å². The van der Waals surface area contributed by atoms with E-state index in [-0.39, 0.29) is 0 Å². The van der Waals surface area contributed by atoms with Crippen LogP contribution in [0.15, 0.2) is 0 Å². The largest absolute Gasteiger partial charge is 0.293 e. The van der Waals surface area contributed by atoms with Gasteiger partial charge in [-0.25, -0.2) is 0 Å². The van der Waals surface area contributed by atoms with E-state index in [2.05, 4.69) is 16.9 Å². The summed E-state index contributed by atoms with van der Waals surface area (Å²) in [4.78, 5) is 2.47. The summed E-state index contributed by atoms with van der Waals surface area (Å²) in [5, 5.41) is 5.33. The minimum atomic E-state index is 0.472. The van der Waals surface area contributed by atoms with Crippen molar-refractivity contribution in [2.24, 2.45) is 7.05 Å². The summed E-state index contributed by atoms with van der Waals surface area (Å²) in [5.74, 6) is 0.704. The van der Waals surface area contributed by atoms with Gasteiger partial charge in [0.15, 0.2) is 0 Å². The lowest BCUT2D eigenvalue weighted by atomic mass is 10.1. The lowest BCUT2D eigenvalue weighted by molar-refractivity contribution is 0.202. The first kappa shape index (κ1) is 15.1. The Morgan fingerprint density at radius 2 is 2.11 bits per heavy atom. The van der Waals surface area contributed by atoms with Gasteiger partial charge in [0.25, 0.3) is 0 Å². The summed E-state index contributed by atoms with van der Waals surface area (Å²) in [6.45, 7) is 4.06. The first-order valence-corrected chi connectivity index (χ1v) is 8.08. The SMILES string of the molecule is CCc1nn(C)c(CN2CCCCCC2CCl)c1Cl. The number of aromatic nitrogens is 2. The molecule has 1 aliphatic heterocycles. The molecule has 1 aliphatic rings. The Morgan fingerprint density at radius 3 is 2.74 bits per heavy atom. The third-order valence-electron chi connectivity index (χ3n) is 4.03. The molecule has 0 radical (unpaired) electrons. The quantitative estimate of drug-likeness (QED) is 0.792. The molecule has 108 valence electrons. The highest BCUT2D eigenvalue weighted by atomic mass is 35.5. The Morgan fingerprint density at radius 1 is 1.32 bits per heavy atom. The molecule has 5 heteroatoms. The molecular formula is C14H23Cl2N3. The summed E-state index contributed by atoms with van der Waals surface area (Å²) in [7, 11) is 1.98. The predicted octanol–water partition coefficient (Wildman–Crippen LogP) is 3.62. The maximum atomic E-state index is 6.44. The van der Waals surface area contributed by atoms with Gasteiger partial charge in [0.1, 0.15) is 0 Å². The molecule has 1 fully saturated rings. The lowest BCUT2D eigenvalue weighted by Gasteiger charge is -2.28. The van der Waals surface area contributed by atoms with Gasteiger partial charge in [-0.3, -0.25) is 9.58 Å². The molecule has 0 amide bonds. The molecule has 0 aliphatic carbocycles. The Hall–Kier alpha value is -0.250. The number of nitrogens with zero attached hydrogens (tertiary/aromatic N) is 3. The van der Waals surface area contributed by atoms with Gasteiger partial charge in [-0.1, -0.05) is 31.4 Å². The van der Waals surface area contributed by atoms with E-state index in [1.807, 2.05) is 11.7 Å². The van der Waals surface area contributed by atoms with E-state index in [9.17, 15) is 0 Å². The second kappa shape index (κ2) is 6.96. The summed E-state index contributed by atoms with van der Waals surface area (Å²) in [6, 6.07) is 0.472. The number of aryl methyl sites for hydroxylation is 2. The summed E-state index contributed by atoms with van der Waals surface area (Å²) >= 11 is 12.6. The number of alkyl halides is 1. The van der Waals surface area contributed by atoms with Gasteiger partial charge in [-0.2, -0.15) is 5.10 Å². The highest BCUT2D eigenvalue weighted by Gasteiger charge is 2.23. The molecule has 1 atom stereocenters. The highest BCUT2D eigenvalue weighted by Crippen LogP contribution is 2.25. The van der Waals surface area contributed by atoms with Crippen LogP contribution in [0, 0.1) is 0 Å². The predicted molar refractivity (Wildman–Crippen MR) is 81.0 cm³/mol. The van der Waals surface area contributed by atoms with E-state index in [0.29, 0.717) is 11.9 Å². The minimum Gasteiger partial charge on any atom is -0.293 e. The molecule has 1 aromatic rings. The van der Waals surface area contributed by atoms with Gasteiger partial charge < -0.3 is 0 Å². The Balaban J connectivity index is 2.16. The van der Waals surface area contributed by atoms with E-state index in [0.717, 1.165) is 35.9 Å². The van der Waals surface area contributed by atoms with Crippen molar-refractivity contribution in [1.29, 1.82) is 0 Å². The van der Waals surface area contributed by atoms with Crippen molar-refractivity contribution in [3.8, 4) is 0 Å². The van der Waals surface area contributed by atoms with Crippen LogP contribution in [0.2, 0.25) is 5.02 Å². The van der Waals surface area contributed by atoms with Crippen LogP contribution in [-0.4, -0.2) is 33.1 Å². The van der Waals surface area contributed by atoms with Crippen molar-refractivity contribution >= 4 is 23.2 Å². The molecule has 1 unspecified atom stereocenters. The third-order valence-corrected chi connectivity index (χ3v) is 4.83. The van der Waals surface area contributed by atoms with E-state index in [4.69, 9.17) is 23.2 Å². The molecule has 1 aromatic heterocycles. The number of rotatable bonds is 4. The van der Waals surface area contributed by atoms with Gasteiger partial charge >= 0.3 is 0 Å². The standard InChI is InChI=1S/C14H23Cl2N3/c1-3-12-14(16)13(18(2)17-12)10-19-8-6-4-5-7-11(19)9-15/h11H,3-10H2,1-2H3. The molecule has 3 nitrogen and oxygen atoms in total. The molecule has 2 heterocycles. The lowest BCUT2D eigenvalue weighted by Crippen LogP contribution is -2.36. The molecule has 0 bridgehead atoms. The van der Waals surface area contributed by atoms with Crippen molar-refractivity contribution in [2.75, 3.05) is 12.4 Å². The van der Waals surface area contributed by atoms with E-state index < -0.39 is 0 Å². The van der Waals surface area contributed by atoms with Gasteiger partial charge in [-0.05, 0) is 25.8 Å². The zero-order valence-electron chi connectivity index (χ0n) is 11.8. The molecule has 0 aromatic carbocycles. The average Bonchev–Trinajstić information content (AvgIpc) is 2.60. The molecular weight excluding hydrogens is 281 g/mol. The molecule has 2 rings (SSSR count). The highest BCUT2D eigenvalue weighted by molar-refractivity contribution is 6.31. The Bertz CT molecular complexity index is 417. The Labute approximate surface area is 125 Å². The Kier molecular flexibility index (Phi) is 5.55. The topological polar surface area (TPSA) is 21.1 Å². The second-order valence-electron chi connectivity index (χ2n) is 5.31. The molecule has 0 N–H and O–H groups in total. The molecule has 19 heavy (non-hydrogen) atoms. The number of halogens is 2. The van der Waals surface area contributed by atoms with E-state index in [1.165, 1.54) is 25.7 Å². The maximum absolute atomic E-state index is 6.44. The molecule has 0 spiro atoms. The van der Waals surface area contributed by atoms with Crippen molar-refractivity contribution in [2.45, 2.75) is 51.6 Å². The van der Waals surface area contributed by atoms with Crippen LogP contribution in [0.5, 0.6) is 0 Å². The van der Waals surface area contributed by atoms with Gasteiger partial charge in [-0.15, -0.1) is 11.6 Å². The number of likely N-dealkylation sites (tertiary alicyclic amines) is 1. The van der Waals surface area contributed by atoms with Crippen LogP contribution in [-0.2, 0) is 20.0 Å². The number of hydrogen-bond donors (Lipinski definition) is 0. The van der Waals surface area contributed by atoms with Crippen LogP contribution in [0.3, 0.4) is 0 Å². The smallest absolute Gasteiger partial charge is 0.0863 e. The monoisotopic (exact) mass is 303 g/mol. The van der Waals surface area contributed by atoms with Gasteiger partial charge in [0, 0.05) is 25.5 Å². The zero-order chi connectivity index (χ0) is 13.8. The minimum absolute atomic E-state index is 0.472. The zero-order valence-corrected chi connectivity index (χ0v) is 13.3. The summed E-state index contributed by atoms with van der Waals surface area (Å²) < 4.78 is 1.93. The van der Waals surface area contributed by atoms with Crippen molar-refractivity contribution in [3.63, 3.8) is 0 Å². The maximum Gasteiger partial charge on any atom is 0.0863 e. The molecule has 0 saturated carbocycles. The average molecular weight is 304 g/mol. The van der Waals surface area contributed by atoms with Crippen LogP contribution >= 0.6 is 23.2 Å². The normalized spacial score (nSPS) is 21.6. The van der Waals surface area contributed by atoms with Crippen LogP contribution in [0.4, 0.5) is 0 Å². The van der Waals surface area contributed by atoms with Crippen molar-refractivity contribution in [3.05, 3.63) is 16.4 Å². The molecule has 1 saturated heterocycles. The second-order valence-corrected chi connectivity index (χ2v) is 6.00. The van der Waals surface area contributed by atoms with Crippen LogP contribution in [0.25, 0.3) is 0 Å². The van der Waals surface area contributed by atoms with E-state index >= 15 is 0 Å². The van der Waals surface area contributed by atoms with Gasteiger partial charge in [0.2, 0.25) is 0 Å². The fourth-order valence-electron chi connectivity index (χ4n) is 2.80. The fraction of sp³-hybridized carbons (Fsp3) is 0.786. The fourth-order valence-corrected chi connectivity index (χ4v) is 3.51. The summed E-state index contributed by atoms with van der Waals surface area (Å²) in [5.41, 5.74) is 2.12. The first-order chi connectivity index (χ1) is 9.17. The number of hydrogen-bond acceptors (Lipinski definition) is 2. The third kappa shape index (κ3) is 3.45. The first-order valence-electron chi connectivity index (χ1n) is 7.17.